The van der Waals surface area contributed by atoms with E-state index >= 15 is 0 Å². The largest absolute Gasteiger partial charge is 2.00 e. The topological polar surface area (TPSA) is 269 Å². The van der Waals surface area contributed by atoms with E-state index in [1.807, 2.05) is 0 Å². The molecule has 0 radical (unpaired) electrons. The van der Waals surface area contributed by atoms with Gasteiger partial charge < -0.3 is 32.9 Å². The molecule has 0 aliphatic carbocycles. The maximum atomic E-state index is 8.59. The summed E-state index contributed by atoms with van der Waals surface area (Å²) in [6.45, 7) is 0. The number of hydrogen-bond donors (Lipinski definition) is 0. The molecule has 0 saturated carbocycles. The average Bonchev–Trinajstić information content (AvgIpc) is 0.722. The van der Waals surface area contributed by atoms with Crippen molar-refractivity contribution >= 4 is 13.4 Å². The fraction of sp³-hybridized carbons (Fsp3) is 0. The third-order valence-corrected chi connectivity index (χ3v) is 0. The summed E-state index contributed by atoms with van der Waals surface area (Å²) < 4.78 is 34.4. The van der Waals surface area contributed by atoms with Gasteiger partial charge in [-0.15, -0.1) is 0 Å². The van der Waals surface area contributed by atoms with E-state index in [0.29, 0.717) is 0 Å². The van der Waals surface area contributed by atoms with Gasteiger partial charge in [-0.05, 0) is 0 Å². The SMILES string of the molecule is O.O.O.O.O.O.O=[Se](=O)([O-])[O-].[Ni+2]. The van der Waals surface area contributed by atoms with Gasteiger partial charge >= 0.3 is 45.9 Å². The molecule has 0 saturated heterocycles. The van der Waals surface area contributed by atoms with Crippen LogP contribution in [-0.4, -0.2) is 46.2 Å². The second kappa shape index (κ2) is 30.2. The van der Waals surface area contributed by atoms with E-state index < -0.39 is 13.4 Å². The second-order valence-electron chi connectivity index (χ2n) is 0.408. The second-order valence-corrected chi connectivity index (χ2v) is 2.12. The minimum absolute atomic E-state index is 0. The smallest absolute Gasteiger partial charge is 2.00 e. The molecule has 0 aromatic rings. The Morgan fingerprint density at radius 1 is 0.667 bits per heavy atom. The van der Waals surface area contributed by atoms with E-state index in [4.69, 9.17) is 16.0 Å². The van der Waals surface area contributed by atoms with Gasteiger partial charge in [0, 0.05) is 0 Å². The first-order valence-electron chi connectivity index (χ1n) is 0.667. The standard InChI is InChI=1S/Ni.H2O4Se.6H2O/c;1-5(2,3)4;;;;;;/h;(H2,1,2,3,4);6*1H2/q+2;;;;;;;/p-2. The van der Waals surface area contributed by atoms with Crippen LogP contribution < -0.4 is 8.38 Å². The quantitative estimate of drug-likeness (QED) is 0.394. The Kier molecular flexibility index (Phi) is 214. The Labute approximate surface area is 79.3 Å². The molecular formula is H12NiO10Se. The van der Waals surface area contributed by atoms with Crippen LogP contribution in [0.2, 0.25) is 0 Å². The van der Waals surface area contributed by atoms with Crippen molar-refractivity contribution < 1.29 is 65.4 Å². The van der Waals surface area contributed by atoms with Crippen LogP contribution in [0.15, 0.2) is 0 Å². The fourth-order valence-corrected chi connectivity index (χ4v) is 0. The minimum atomic E-state index is -5.75. The van der Waals surface area contributed by atoms with Gasteiger partial charge in [0.2, 0.25) is 0 Å². The molecule has 0 spiro atoms. The van der Waals surface area contributed by atoms with Crippen molar-refractivity contribution in [3.8, 4) is 0 Å². The Morgan fingerprint density at radius 2 is 0.667 bits per heavy atom. The molecule has 0 aliphatic rings. The molecular weight excluding hydrogens is 298 g/mol. The zero-order valence-corrected chi connectivity index (χ0v) is 8.06. The Morgan fingerprint density at radius 3 is 0.667 bits per heavy atom. The third-order valence-electron chi connectivity index (χ3n) is 0. The molecule has 0 bridgehead atoms. The summed E-state index contributed by atoms with van der Waals surface area (Å²) in [7, 11) is 0. The predicted molar refractivity (Wildman–Crippen MR) is 28.8 cm³/mol. The van der Waals surface area contributed by atoms with Crippen LogP contribution in [0.1, 0.15) is 0 Å². The molecule has 0 aromatic heterocycles. The molecule has 0 rings (SSSR count). The van der Waals surface area contributed by atoms with Crippen LogP contribution in [0.5, 0.6) is 0 Å². The summed E-state index contributed by atoms with van der Waals surface area (Å²) in [5.41, 5.74) is 0. The Balaban J connectivity index is -0.00000000381. The van der Waals surface area contributed by atoms with E-state index in [1.165, 1.54) is 0 Å². The molecule has 0 fully saturated rings. The first kappa shape index (κ1) is 85.1. The van der Waals surface area contributed by atoms with Crippen molar-refractivity contribution in [2.45, 2.75) is 0 Å². The zero-order chi connectivity index (χ0) is 4.50. The molecule has 0 heterocycles. The normalized spacial score (nSPS) is 4.83. The molecule has 88 valence electrons. The summed E-state index contributed by atoms with van der Waals surface area (Å²) in [4.78, 5) is 0. The van der Waals surface area contributed by atoms with Crippen molar-refractivity contribution in [2.75, 3.05) is 0 Å². The molecule has 0 aromatic carbocycles. The Hall–Kier alpha value is 0.293. The molecule has 12 N–H and O–H groups in total. The van der Waals surface area contributed by atoms with Gasteiger partial charge in [-0.1, -0.05) is 0 Å². The van der Waals surface area contributed by atoms with Crippen molar-refractivity contribution in [1.82, 2.24) is 0 Å². The van der Waals surface area contributed by atoms with Crippen molar-refractivity contribution in [3.05, 3.63) is 0 Å². The van der Waals surface area contributed by atoms with Crippen LogP contribution >= 0.6 is 0 Å². The molecule has 10 nitrogen and oxygen atoms in total. The van der Waals surface area contributed by atoms with Crippen molar-refractivity contribution in [3.63, 3.8) is 0 Å². The van der Waals surface area contributed by atoms with Gasteiger partial charge in [-0.3, -0.25) is 0 Å². The molecule has 0 atom stereocenters. The van der Waals surface area contributed by atoms with E-state index in [9.17, 15) is 0 Å². The zero-order valence-electron chi connectivity index (χ0n) is 5.36. The minimum Gasteiger partial charge on any atom is 2.00 e. The Bertz CT molecular complexity index is 93.0. The van der Waals surface area contributed by atoms with Crippen LogP contribution in [-0.2, 0) is 24.2 Å². The predicted octanol–water partition coefficient (Wildman–Crippen LogP) is -7.95. The van der Waals surface area contributed by atoms with Crippen LogP contribution in [0.3, 0.4) is 0 Å². The van der Waals surface area contributed by atoms with Gasteiger partial charge in [0.15, 0.2) is 0 Å². The van der Waals surface area contributed by atoms with Crippen LogP contribution in [0.25, 0.3) is 0 Å². The third kappa shape index (κ3) is 10400. The number of hydrogen-bond acceptors (Lipinski definition) is 4. The van der Waals surface area contributed by atoms with Gasteiger partial charge in [0.1, 0.15) is 0 Å². The summed E-state index contributed by atoms with van der Waals surface area (Å²) in [5.74, 6) is 0. The van der Waals surface area contributed by atoms with Gasteiger partial charge in [-0.25, -0.2) is 0 Å². The first-order chi connectivity index (χ1) is 2.00. The average molecular weight is 310 g/mol. The maximum absolute atomic E-state index is 8.59. The van der Waals surface area contributed by atoms with E-state index in [1.54, 1.807) is 0 Å². The summed E-state index contributed by atoms with van der Waals surface area (Å²) in [6.07, 6.45) is 0. The van der Waals surface area contributed by atoms with E-state index in [0.717, 1.165) is 0 Å². The van der Waals surface area contributed by atoms with Gasteiger partial charge in [0.25, 0.3) is 0 Å². The molecule has 12 heavy (non-hydrogen) atoms. The summed E-state index contributed by atoms with van der Waals surface area (Å²) in [6, 6.07) is 0. The molecule has 0 aliphatic heterocycles. The maximum Gasteiger partial charge on any atom is 2.00 e. The fourth-order valence-electron chi connectivity index (χ4n) is 0. The summed E-state index contributed by atoms with van der Waals surface area (Å²) >= 11 is -5.75. The molecule has 0 amide bonds. The van der Waals surface area contributed by atoms with Crippen LogP contribution in [0.4, 0.5) is 0 Å². The molecule has 0 unspecified atom stereocenters. The summed E-state index contributed by atoms with van der Waals surface area (Å²) in [5, 5.41) is 0. The van der Waals surface area contributed by atoms with E-state index in [2.05, 4.69) is 0 Å². The van der Waals surface area contributed by atoms with Gasteiger partial charge in [-0.2, -0.15) is 0 Å². The monoisotopic (exact) mass is 310 g/mol. The first-order valence-corrected chi connectivity index (χ1v) is 3.46. The van der Waals surface area contributed by atoms with Crippen LogP contribution in [0, 0.1) is 0 Å². The van der Waals surface area contributed by atoms with Gasteiger partial charge in [0.05, 0.1) is 0 Å². The van der Waals surface area contributed by atoms with Crippen molar-refractivity contribution in [2.24, 2.45) is 0 Å². The van der Waals surface area contributed by atoms with Crippen molar-refractivity contribution in [1.29, 1.82) is 0 Å². The number of rotatable bonds is 0. The van der Waals surface area contributed by atoms with E-state index in [-0.39, 0.29) is 49.3 Å². The molecule has 12 heteroatoms.